The van der Waals surface area contributed by atoms with Crippen LogP contribution in [0.4, 0.5) is 63.2 Å². The lowest BCUT2D eigenvalue weighted by atomic mass is 9.86. The van der Waals surface area contributed by atoms with E-state index in [1.54, 1.807) is 0 Å². The molecule has 2 atom stereocenters. The molecule has 1 aliphatic carbocycles. The van der Waals surface area contributed by atoms with Crippen molar-refractivity contribution in [1.82, 2.24) is 4.90 Å². The topological polar surface area (TPSA) is 49.9 Å². The lowest BCUT2D eigenvalue weighted by molar-refractivity contribution is -0.189. The molecule has 0 saturated heterocycles. The van der Waals surface area contributed by atoms with E-state index in [4.69, 9.17) is 4.74 Å². The molecule has 5 nitrogen and oxygen atoms in total. The first kappa shape index (κ1) is 34.2. The predicted molar refractivity (Wildman–Crippen MR) is 132 cm³/mol. The number of carbonyl (C=O) groups is 2. The largest absolute Gasteiger partial charge is 0.471 e. The lowest BCUT2D eigenvalue weighted by Crippen LogP contribution is -2.52. The Hall–Kier alpha value is -3.66. The Morgan fingerprint density at radius 3 is 1.80 bits per heavy atom. The number of hydrogen-bond donors (Lipinski definition) is 0. The number of nitrogens with zero attached hydrogens (tertiary/aromatic N) is 2. The van der Waals surface area contributed by atoms with Crippen molar-refractivity contribution in [2.75, 3.05) is 4.90 Å². The quantitative estimate of drug-likeness (QED) is 0.300. The van der Waals surface area contributed by atoms with Crippen molar-refractivity contribution in [3.05, 3.63) is 64.2 Å². The van der Waals surface area contributed by atoms with Crippen molar-refractivity contribution in [1.29, 1.82) is 0 Å². The lowest BCUT2D eigenvalue weighted by Gasteiger charge is -2.45. The van der Waals surface area contributed by atoms with Crippen LogP contribution in [0.25, 0.3) is 0 Å². The van der Waals surface area contributed by atoms with Gasteiger partial charge < -0.3 is 9.64 Å². The minimum atomic E-state index is -5.74. The van der Waals surface area contributed by atoms with Gasteiger partial charge in [0.1, 0.15) is 0 Å². The number of fused-ring (bicyclic) bond motifs is 1. The van der Waals surface area contributed by atoms with Crippen LogP contribution in [0.5, 0.6) is 0 Å². The number of alkyl halides is 12. The van der Waals surface area contributed by atoms with E-state index in [0.717, 1.165) is 11.0 Å². The van der Waals surface area contributed by atoms with Crippen LogP contribution in [0.1, 0.15) is 67.0 Å². The number of anilines is 1. The minimum Gasteiger partial charge on any atom is -0.446 e. The number of benzene rings is 2. The molecular formula is C28H24F12N2O3. The molecule has 0 spiro atoms. The Morgan fingerprint density at radius 2 is 1.36 bits per heavy atom. The number of halogens is 12. The molecule has 1 aliphatic heterocycles. The Labute approximate surface area is 247 Å². The van der Waals surface area contributed by atoms with Crippen molar-refractivity contribution in [3.8, 4) is 0 Å². The SMILES string of the molecule is CC(C)OC(=O)N1c2ccc(C(F)(F)F)cc2[C@@H](N(Cc2cc(C(F)(F)F)cc(C(F)(F)F)c2)C(=O)C(F)(F)F)C[C@H]1C1CC1. The summed E-state index contributed by atoms with van der Waals surface area (Å²) in [6.07, 6.45) is -23.0. The summed E-state index contributed by atoms with van der Waals surface area (Å²) in [5, 5.41) is 0. The van der Waals surface area contributed by atoms with Gasteiger partial charge in [0.15, 0.2) is 0 Å². The van der Waals surface area contributed by atoms with Crippen LogP contribution in [0.15, 0.2) is 36.4 Å². The molecule has 2 aliphatic rings. The summed E-state index contributed by atoms with van der Waals surface area (Å²) in [6.45, 7) is 1.45. The zero-order valence-corrected chi connectivity index (χ0v) is 23.3. The molecule has 0 N–H and O–H groups in total. The third-order valence-electron chi connectivity index (χ3n) is 7.35. The van der Waals surface area contributed by atoms with E-state index >= 15 is 0 Å². The molecule has 2 aromatic rings. The summed E-state index contributed by atoms with van der Waals surface area (Å²) < 4.78 is 169. The number of hydrogen-bond acceptors (Lipinski definition) is 3. The standard InChI is InChI=1S/C28H24F12N2O3/c1-13(2)45-24(44)42-20-6-5-16(25(29,30)31)10-19(20)22(11-21(42)15-3-4-15)41(23(43)28(38,39)40)12-14-7-17(26(32,33)34)9-18(8-14)27(35,36)37/h5-10,13,15,21-22H,3-4,11-12H2,1-2H3/t21-,22-/m0/s1. The molecule has 17 heteroatoms. The van der Waals surface area contributed by atoms with Gasteiger partial charge in [0, 0.05) is 12.6 Å². The van der Waals surface area contributed by atoms with E-state index in [-0.39, 0.29) is 28.8 Å². The Morgan fingerprint density at radius 1 is 0.822 bits per heavy atom. The normalized spacial score (nSPS) is 19.4. The maximum atomic E-state index is 13.9. The average molecular weight is 664 g/mol. The van der Waals surface area contributed by atoms with E-state index < -0.39 is 102 Å². The third-order valence-corrected chi connectivity index (χ3v) is 7.35. The fraction of sp³-hybridized carbons (Fsp3) is 0.500. The van der Waals surface area contributed by atoms with Crippen LogP contribution < -0.4 is 4.90 Å². The molecular weight excluding hydrogens is 640 g/mol. The first-order valence-corrected chi connectivity index (χ1v) is 13.4. The van der Waals surface area contributed by atoms with E-state index in [2.05, 4.69) is 0 Å². The van der Waals surface area contributed by atoms with Crippen molar-refractivity contribution in [3.63, 3.8) is 0 Å². The van der Waals surface area contributed by atoms with Gasteiger partial charge in [-0.3, -0.25) is 9.69 Å². The second-order valence-electron chi connectivity index (χ2n) is 11.1. The molecule has 1 saturated carbocycles. The number of amides is 2. The fourth-order valence-electron chi connectivity index (χ4n) is 5.32. The van der Waals surface area contributed by atoms with Gasteiger partial charge in [0.2, 0.25) is 0 Å². The van der Waals surface area contributed by atoms with Gasteiger partial charge in [-0.05, 0) is 86.6 Å². The molecule has 0 unspecified atom stereocenters. The van der Waals surface area contributed by atoms with E-state index in [9.17, 15) is 62.3 Å². The second kappa shape index (κ2) is 11.6. The smallest absolute Gasteiger partial charge is 0.446 e. The molecule has 1 heterocycles. The van der Waals surface area contributed by atoms with Crippen LogP contribution >= 0.6 is 0 Å². The zero-order valence-electron chi connectivity index (χ0n) is 23.3. The summed E-state index contributed by atoms with van der Waals surface area (Å²) in [5.74, 6) is -3.11. The summed E-state index contributed by atoms with van der Waals surface area (Å²) in [7, 11) is 0. The highest BCUT2D eigenvalue weighted by Crippen LogP contribution is 2.50. The van der Waals surface area contributed by atoms with E-state index in [1.807, 2.05) is 0 Å². The summed E-state index contributed by atoms with van der Waals surface area (Å²) in [4.78, 5) is 26.8. The molecule has 1 fully saturated rings. The van der Waals surface area contributed by atoms with Crippen molar-refractivity contribution >= 4 is 17.7 Å². The number of ether oxygens (including phenoxy) is 1. The molecule has 2 aromatic carbocycles. The van der Waals surface area contributed by atoms with Gasteiger partial charge in [-0.15, -0.1) is 0 Å². The number of carbonyl (C=O) groups excluding carboxylic acids is 2. The van der Waals surface area contributed by atoms with Crippen molar-refractivity contribution in [2.24, 2.45) is 5.92 Å². The Kier molecular flexibility index (Phi) is 8.83. The zero-order chi connectivity index (χ0) is 33.9. The van der Waals surface area contributed by atoms with Crippen molar-refractivity contribution in [2.45, 2.75) is 82.5 Å². The fourth-order valence-corrected chi connectivity index (χ4v) is 5.32. The average Bonchev–Trinajstić information content (AvgIpc) is 3.73. The Balaban J connectivity index is 1.94. The second-order valence-corrected chi connectivity index (χ2v) is 11.1. The van der Waals surface area contributed by atoms with Crippen LogP contribution in [0.2, 0.25) is 0 Å². The third kappa shape index (κ3) is 7.60. The highest BCUT2D eigenvalue weighted by Gasteiger charge is 2.51. The first-order chi connectivity index (χ1) is 20.5. The molecule has 2 amide bonds. The molecule has 45 heavy (non-hydrogen) atoms. The van der Waals surface area contributed by atoms with Gasteiger partial charge in [-0.2, -0.15) is 52.7 Å². The highest BCUT2D eigenvalue weighted by molar-refractivity contribution is 5.91. The summed E-state index contributed by atoms with van der Waals surface area (Å²) in [5.41, 5.74) is -7.09. The molecule has 0 bridgehead atoms. The molecule has 0 aromatic heterocycles. The number of rotatable bonds is 5. The molecule has 248 valence electrons. The van der Waals surface area contributed by atoms with Crippen LogP contribution in [0, 0.1) is 5.92 Å². The first-order valence-electron chi connectivity index (χ1n) is 13.4. The highest BCUT2D eigenvalue weighted by atomic mass is 19.4. The summed E-state index contributed by atoms with van der Waals surface area (Å²) in [6, 6.07) is -1.20. The van der Waals surface area contributed by atoms with Gasteiger partial charge in [0.25, 0.3) is 0 Å². The van der Waals surface area contributed by atoms with E-state index in [0.29, 0.717) is 25.0 Å². The van der Waals surface area contributed by atoms with Gasteiger partial charge in [-0.1, -0.05) is 0 Å². The molecule has 0 radical (unpaired) electrons. The maximum Gasteiger partial charge on any atom is 0.471 e. The van der Waals surface area contributed by atoms with Crippen molar-refractivity contribution < 1.29 is 67.0 Å². The monoisotopic (exact) mass is 664 g/mol. The van der Waals surface area contributed by atoms with E-state index in [1.165, 1.54) is 13.8 Å². The minimum absolute atomic E-state index is 0.0882. The summed E-state index contributed by atoms with van der Waals surface area (Å²) >= 11 is 0. The van der Waals surface area contributed by atoms with Crippen LogP contribution in [-0.4, -0.2) is 35.2 Å². The van der Waals surface area contributed by atoms with Crippen LogP contribution in [0.3, 0.4) is 0 Å². The Bertz CT molecular complexity index is 1410. The van der Waals surface area contributed by atoms with Crippen LogP contribution in [-0.2, 0) is 34.6 Å². The molecule has 4 rings (SSSR count). The maximum absolute atomic E-state index is 13.9. The predicted octanol–water partition coefficient (Wildman–Crippen LogP) is 8.91. The van der Waals surface area contributed by atoms with Gasteiger partial charge in [-0.25, -0.2) is 4.79 Å². The van der Waals surface area contributed by atoms with Gasteiger partial charge in [0.05, 0.1) is 34.5 Å². The van der Waals surface area contributed by atoms with Gasteiger partial charge >= 0.3 is 36.7 Å².